The zero-order valence-electron chi connectivity index (χ0n) is 10.5. The van der Waals surface area contributed by atoms with E-state index in [9.17, 15) is 0 Å². The van der Waals surface area contributed by atoms with E-state index < -0.39 is 0 Å². The first-order valence-corrected chi connectivity index (χ1v) is 6.20. The molecule has 2 heterocycles. The summed E-state index contributed by atoms with van der Waals surface area (Å²) in [7, 11) is 0. The molecule has 1 fully saturated rings. The molecule has 1 atom stereocenters. The van der Waals surface area contributed by atoms with E-state index in [1.165, 1.54) is 19.2 Å². The molecule has 5 heteroatoms. The summed E-state index contributed by atoms with van der Waals surface area (Å²) in [4.78, 5) is 10.6. The molecule has 0 spiro atoms. The van der Waals surface area contributed by atoms with Crippen molar-refractivity contribution in [2.45, 2.75) is 26.7 Å². The highest BCUT2D eigenvalue weighted by Crippen LogP contribution is 2.30. The fraction of sp³-hybridized carbons (Fsp3) is 0.667. The van der Waals surface area contributed by atoms with Crippen LogP contribution in [0.15, 0.2) is 6.33 Å². The first-order valence-electron chi connectivity index (χ1n) is 6.20. The number of nitrogens with two attached hydrogens (primary N) is 1. The maximum atomic E-state index is 6.05. The lowest BCUT2D eigenvalue weighted by Crippen LogP contribution is -2.35. The number of nitrogens with zero attached hydrogens (tertiary/aromatic N) is 3. The van der Waals surface area contributed by atoms with E-state index in [0.717, 1.165) is 18.9 Å². The molecule has 17 heavy (non-hydrogen) atoms. The van der Waals surface area contributed by atoms with Gasteiger partial charge in [0.05, 0.1) is 6.61 Å². The average molecular weight is 236 g/mol. The highest BCUT2D eigenvalue weighted by Gasteiger charge is 2.21. The van der Waals surface area contributed by atoms with Crippen LogP contribution in [0.1, 0.15) is 26.7 Å². The molecule has 0 saturated carbocycles. The Labute approximate surface area is 102 Å². The summed E-state index contributed by atoms with van der Waals surface area (Å²) in [5.41, 5.74) is 6.61. The minimum Gasteiger partial charge on any atom is -0.476 e. The van der Waals surface area contributed by atoms with Crippen LogP contribution in [0.3, 0.4) is 0 Å². The molecule has 1 saturated heterocycles. The summed E-state index contributed by atoms with van der Waals surface area (Å²) in [6.07, 6.45) is 3.99. The van der Waals surface area contributed by atoms with Gasteiger partial charge in [-0.15, -0.1) is 0 Å². The Bertz CT molecular complexity index is 383. The predicted molar refractivity (Wildman–Crippen MR) is 68.2 cm³/mol. The summed E-state index contributed by atoms with van der Waals surface area (Å²) >= 11 is 0. The summed E-state index contributed by atoms with van der Waals surface area (Å²) < 4.78 is 5.39. The molecule has 1 aliphatic heterocycles. The lowest BCUT2D eigenvalue weighted by atomic mass is 10.0. The van der Waals surface area contributed by atoms with Crippen molar-refractivity contribution in [3.8, 4) is 5.88 Å². The van der Waals surface area contributed by atoms with Gasteiger partial charge in [0.2, 0.25) is 5.88 Å². The first kappa shape index (κ1) is 12.0. The van der Waals surface area contributed by atoms with Crippen molar-refractivity contribution in [2.24, 2.45) is 5.92 Å². The van der Waals surface area contributed by atoms with Gasteiger partial charge in [0.1, 0.15) is 12.0 Å². The molecular formula is C12H20N4O. The normalized spacial score (nSPS) is 20.4. The van der Waals surface area contributed by atoms with Crippen molar-refractivity contribution >= 4 is 11.5 Å². The van der Waals surface area contributed by atoms with Crippen molar-refractivity contribution in [2.75, 3.05) is 30.3 Å². The van der Waals surface area contributed by atoms with Crippen LogP contribution in [0.2, 0.25) is 0 Å². The molecule has 0 aliphatic carbocycles. The topological polar surface area (TPSA) is 64.3 Å². The number of anilines is 2. The van der Waals surface area contributed by atoms with E-state index in [1.807, 2.05) is 6.92 Å². The summed E-state index contributed by atoms with van der Waals surface area (Å²) in [5.74, 6) is 2.00. The Morgan fingerprint density at radius 2 is 2.35 bits per heavy atom. The van der Waals surface area contributed by atoms with Gasteiger partial charge in [-0.25, -0.2) is 4.98 Å². The van der Waals surface area contributed by atoms with Crippen molar-refractivity contribution in [3.63, 3.8) is 0 Å². The van der Waals surface area contributed by atoms with Gasteiger partial charge in [-0.3, -0.25) is 0 Å². The number of nitrogen functional groups attached to an aromatic ring is 1. The minimum atomic E-state index is 0.496. The predicted octanol–water partition coefficient (Wildman–Crippen LogP) is 1.69. The third-order valence-electron chi connectivity index (χ3n) is 3.06. The highest BCUT2D eigenvalue weighted by atomic mass is 16.5. The summed E-state index contributed by atoms with van der Waals surface area (Å²) in [6.45, 7) is 6.76. The van der Waals surface area contributed by atoms with Crippen LogP contribution in [-0.4, -0.2) is 29.7 Å². The van der Waals surface area contributed by atoms with Crippen LogP contribution in [0.25, 0.3) is 0 Å². The van der Waals surface area contributed by atoms with E-state index in [-0.39, 0.29) is 0 Å². The van der Waals surface area contributed by atoms with Gasteiger partial charge in [-0.05, 0) is 25.7 Å². The van der Waals surface area contributed by atoms with Crippen molar-refractivity contribution in [1.29, 1.82) is 0 Å². The third kappa shape index (κ3) is 2.60. The fourth-order valence-corrected chi connectivity index (χ4v) is 2.26. The highest BCUT2D eigenvalue weighted by molar-refractivity contribution is 5.67. The molecule has 2 N–H and O–H groups in total. The van der Waals surface area contributed by atoms with Crippen molar-refractivity contribution in [1.82, 2.24) is 9.97 Å². The molecular weight excluding hydrogens is 216 g/mol. The molecule has 5 nitrogen and oxygen atoms in total. The van der Waals surface area contributed by atoms with Gasteiger partial charge in [-0.1, -0.05) is 6.92 Å². The monoisotopic (exact) mass is 236 g/mol. The standard InChI is InChI=1S/C12H20N4O/c1-3-17-12-10(13)11(14-8-15-12)16-6-4-5-9(2)7-16/h8-9H,3-7,13H2,1-2H3. The largest absolute Gasteiger partial charge is 0.476 e. The SMILES string of the molecule is CCOc1ncnc(N2CCCC(C)C2)c1N. The molecule has 1 aromatic heterocycles. The van der Waals surface area contributed by atoms with Crippen LogP contribution in [-0.2, 0) is 0 Å². The Balaban J connectivity index is 2.22. The van der Waals surface area contributed by atoms with Crippen LogP contribution < -0.4 is 15.4 Å². The second-order valence-corrected chi connectivity index (χ2v) is 4.54. The third-order valence-corrected chi connectivity index (χ3v) is 3.06. The number of aromatic nitrogens is 2. The quantitative estimate of drug-likeness (QED) is 0.865. The summed E-state index contributed by atoms with van der Waals surface area (Å²) in [6, 6.07) is 0. The molecule has 2 rings (SSSR count). The van der Waals surface area contributed by atoms with E-state index >= 15 is 0 Å². The molecule has 0 bridgehead atoms. The van der Waals surface area contributed by atoms with Crippen LogP contribution >= 0.6 is 0 Å². The van der Waals surface area contributed by atoms with Crippen molar-refractivity contribution in [3.05, 3.63) is 6.33 Å². The Kier molecular flexibility index (Phi) is 3.66. The number of ether oxygens (including phenoxy) is 1. The van der Waals surface area contributed by atoms with Gasteiger partial charge >= 0.3 is 0 Å². The van der Waals surface area contributed by atoms with Gasteiger partial charge in [0.15, 0.2) is 5.82 Å². The van der Waals surface area contributed by atoms with Gasteiger partial charge in [-0.2, -0.15) is 4.98 Å². The Hall–Kier alpha value is -1.52. The summed E-state index contributed by atoms with van der Waals surface area (Å²) in [5, 5.41) is 0. The second kappa shape index (κ2) is 5.21. The molecule has 0 aromatic carbocycles. The zero-order chi connectivity index (χ0) is 12.3. The van der Waals surface area contributed by atoms with Gasteiger partial charge < -0.3 is 15.4 Å². The number of piperidine rings is 1. The average Bonchev–Trinajstić information content (AvgIpc) is 2.32. The van der Waals surface area contributed by atoms with E-state index in [1.54, 1.807) is 0 Å². The molecule has 1 aromatic rings. The molecule has 94 valence electrons. The second-order valence-electron chi connectivity index (χ2n) is 4.54. The zero-order valence-corrected chi connectivity index (χ0v) is 10.5. The fourth-order valence-electron chi connectivity index (χ4n) is 2.26. The molecule has 1 unspecified atom stereocenters. The number of rotatable bonds is 3. The van der Waals surface area contributed by atoms with E-state index in [4.69, 9.17) is 10.5 Å². The number of hydrogen-bond acceptors (Lipinski definition) is 5. The van der Waals surface area contributed by atoms with Crippen molar-refractivity contribution < 1.29 is 4.74 Å². The molecule has 0 radical (unpaired) electrons. The Morgan fingerprint density at radius 3 is 3.06 bits per heavy atom. The maximum Gasteiger partial charge on any atom is 0.242 e. The maximum absolute atomic E-state index is 6.05. The lowest BCUT2D eigenvalue weighted by molar-refractivity contribution is 0.328. The smallest absolute Gasteiger partial charge is 0.242 e. The van der Waals surface area contributed by atoms with Crippen LogP contribution in [0.4, 0.5) is 11.5 Å². The van der Waals surface area contributed by atoms with Gasteiger partial charge in [0.25, 0.3) is 0 Å². The molecule has 1 aliphatic rings. The minimum absolute atomic E-state index is 0.496. The lowest BCUT2D eigenvalue weighted by Gasteiger charge is -2.32. The van der Waals surface area contributed by atoms with Gasteiger partial charge in [0, 0.05) is 13.1 Å². The van der Waals surface area contributed by atoms with E-state index in [2.05, 4.69) is 21.8 Å². The number of hydrogen-bond donors (Lipinski definition) is 1. The molecule has 0 amide bonds. The van der Waals surface area contributed by atoms with E-state index in [0.29, 0.717) is 24.1 Å². The Morgan fingerprint density at radius 1 is 1.53 bits per heavy atom. The first-order chi connectivity index (χ1) is 8.22. The van der Waals surface area contributed by atoms with Crippen LogP contribution in [0.5, 0.6) is 5.88 Å². The van der Waals surface area contributed by atoms with Crippen LogP contribution in [0, 0.1) is 5.92 Å².